The lowest BCUT2D eigenvalue weighted by atomic mass is 9.94. The largest absolute Gasteiger partial charge is 0.481 e. The van der Waals surface area contributed by atoms with E-state index in [9.17, 15) is 15.0 Å². The third-order valence-corrected chi connectivity index (χ3v) is 4.65. The summed E-state index contributed by atoms with van der Waals surface area (Å²) in [5.41, 5.74) is 4.28. The lowest BCUT2D eigenvalue weighted by molar-refractivity contribution is -0.146. The van der Waals surface area contributed by atoms with Crippen molar-refractivity contribution in [2.24, 2.45) is 5.92 Å². The molecular formula is C17H20N2O3. The first kappa shape index (κ1) is 14.8. The number of aryl methyl sites for hydroxylation is 2. The van der Waals surface area contributed by atoms with E-state index in [0.29, 0.717) is 19.5 Å². The van der Waals surface area contributed by atoms with Crippen LogP contribution < -0.4 is 4.90 Å². The second-order valence-corrected chi connectivity index (χ2v) is 5.98. The van der Waals surface area contributed by atoms with E-state index in [1.165, 1.54) is 5.56 Å². The second-order valence-electron chi connectivity index (χ2n) is 5.98. The molecule has 0 bridgehead atoms. The number of aliphatic carboxylic acids is 1. The molecule has 0 saturated carbocycles. The molecule has 0 radical (unpaired) electrons. The van der Waals surface area contributed by atoms with Crippen molar-refractivity contribution in [3.05, 3.63) is 35.5 Å². The summed E-state index contributed by atoms with van der Waals surface area (Å²) >= 11 is 0. The summed E-state index contributed by atoms with van der Waals surface area (Å²) in [5, 5.41) is 20.2. The number of pyridine rings is 1. The first-order valence-corrected chi connectivity index (χ1v) is 7.49. The van der Waals surface area contributed by atoms with Crippen molar-refractivity contribution < 1.29 is 15.0 Å². The van der Waals surface area contributed by atoms with Gasteiger partial charge in [0.1, 0.15) is 5.92 Å². The van der Waals surface area contributed by atoms with E-state index in [-0.39, 0.29) is 0 Å². The summed E-state index contributed by atoms with van der Waals surface area (Å²) in [4.78, 5) is 17.8. The van der Waals surface area contributed by atoms with Crippen molar-refractivity contribution in [2.45, 2.75) is 26.4 Å². The van der Waals surface area contributed by atoms with Crippen molar-refractivity contribution >= 4 is 22.6 Å². The Hall–Kier alpha value is -2.14. The minimum Gasteiger partial charge on any atom is -0.481 e. The van der Waals surface area contributed by atoms with Gasteiger partial charge in [-0.3, -0.25) is 9.78 Å². The summed E-state index contributed by atoms with van der Waals surface area (Å²) in [7, 11) is 0. The number of carboxylic acid groups (broad SMARTS) is 1. The molecule has 1 aliphatic heterocycles. The molecule has 2 heterocycles. The van der Waals surface area contributed by atoms with Crippen LogP contribution in [0.3, 0.4) is 0 Å². The third kappa shape index (κ3) is 2.41. The van der Waals surface area contributed by atoms with Gasteiger partial charge in [-0.05, 0) is 37.5 Å². The number of hydrogen-bond donors (Lipinski definition) is 2. The summed E-state index contributed by atoms with van der Waals surface area (Å²) in [6.07, 6.45) is 1.46. The number of benzene rings is 1. The molecule has 1 aliphatic rings. The van der Waals surface area contributed by atoms with Crippen LogP contribution >= 0.6 is 0 Å². The maximum absolute atomic E-state index is 11.3. The van der Waals surface area contributed by atoms with Gasteiger partial charge in [-0.25, -0.2) is 0 Å². The molecule has 116 valence electrons. The Morgan fingerprint density at radius 1 is 1.32 bits per heavy atom. The normalized spacial score (nSPS) is 22.0. The van der Waals surface area contributed by atoms with Crippen molar-refractivity contribution in [3.8, 4) is 0 Å². The molecule has 5 heteroatoms. The number of carboxylic acids is 1. The first-order chi connectivity index (χ1) is 10.5. The molecule has 2 aromatic rings. The van der Waals surface area contributed by atoms with Gasteiger partial charge in [0.2, 0.25) is 0 Å². The van der Waals surface area contributed by atoms with Crippen LogP contribution in [0.4, 0.5) is 5.69 Å². The molecule has 2 atom stereocenters. The smallest absolute Gasteiger partial charge is 0.310 e. The number of anilines is 1. The number of aliphatic hydroxyl groups is 1. The molecule has 0 spiro atoms. The Morgan fingerprint density at radius 2 is 2.09 bits per heavy atom. The van der Waals surface area contributed by atoms with Crippen LogP contribution in [0.2, 0.25) is 0 Å². The SMILES string of the molecule is Cc1ccc2c(N3CC[C@@H](O)[C@@H](C(=O)O)C3)ccnc2c1C. The Bertz CT molecular complexity index is 729. The summed E-state index contributed by atoms with van der Waals surface area (Å²) in [6, 6.07) is 6.03. The number of aliphatic hydroxyl groups excluding tert-OH is 1. The minimum atomic E-state index is -0.942. The Balaban J connectivity index is 2.03. The summed E-state index contributed by atoms with van der Waals surface area (Å²) in [5.74, 6) is -1.69. The molecule has 1 aromatic heterocycles. The molecular weight excluding hydrogens is 280 g/mol. The highest BCUT2D eigenvalue weighted by Crippen LogP contribution is 2.31. The number of aromatic nitrogens is 1. The molecule has 1 fully saturated rings. The van der Waals surface area contributed by atoms with Crippen LogP contribution in [0.25, 0.3) is 10.9 Å². The molecule has 0 unspecified atom stereocenters. The van der Waals surface area contributed by atoms with E-state index in [4.69, 9.17) is 0 Å². The van der Waals surface area contributed by atoms with Crippen LogP contribution in [-0.4, -0.2) is 40.4 Å². The van der Waals surface area contributed by atoms with Crippen molar-refractivity contribution in [1.29, 1.82) is 0 Å². The van der Waals surface area contributed by atoms with Crippen LogP contribution in [0.15, 0.2) is 24.4 Å². The first-order valence-electron chi connectivity index (χ1n) is 7.49. The van der Waals surface area contributed by atoms with E-state index < -0.39 is 18.0 Å². The van der Waals surface area contributed by atoms with Gasteiger partial charge >= 0.3 is 5.97 Å². The predicted molar refractivity (Wildman–Crippen MR) is 85.2 cm³/mol. The number of carbonyl (C=O) groups is 1. The fraction of sp³-hybridized carbons (Fsp3) is 0.412. The molecule has 5 nitrogen and oxygen atoms in total. The van der Waals surface area contributed by atoms with Gasteiger partial charge < -0.3 is 15.1 Å². The Morgan fingerprint density at radius 3 is 2.82 bits per heavy atom. The third-order valence-electron chi connectivity index (χ3n) is 4.65. The quantitative estimate of drug-likeness (QED) is 0.888. The van der Waals surface area contributed by atoms with Crippen LogP contribution in [0.1, 0.15) is 17.5 Å². The van der Waals surface area contributed by atoms with Gasteiger partial charge in [-0.2, -0.15) is 0 Å². The molecule has 0 aliphatic carbocycles. The van der Waals surface area contributed by atoms with Gasteiger partial charge in [0, 0.05) is 30.4 Å². The van der Waals surface area contributed by atoms with Gasteiger partial charge in [-0.1, -0.05) is 12.1 Å². The predicted octanol–water partition coefficient (Wildman–Crippen LogP) is 2.12. The van der Waals surface area contributed by atoms with E-state index in [2.05, 4.69) is 24.9 Å². The zero-order chi connectivity index (χ0) is 15.9. The van der Waals surface area contributed by atoms with Gasteiger partial charge in [0.25, 0.3) is 0 Å². The van der Waals surface area contributed by atoms with Crippen molar-refractivity contribution in [3.63, 3.8) is 0 Å². The Labute approximate surface area is 129 Å². The highest BCUT2D eigenvalue weighted by Gasteiger charge is 2.33. The lowest BCUT2D eigenvalue weighted by Crippen LogP contribution is -2.46. The van der Waals surface area contributed by atoms with Crippen LogP contribution in [0, 0.1) is 19.8 Å². The number of piperidine rings is 1. The number of hydrogen-bond acceptors (Lipinski definition) is 4. The number of rotatable bonds is 2. The number of nitrogens with zero attached hydrogens (tertiary/aromatic N) is 2. The second kappa shape index (κ2) is 5.57. The monoisotopic (exact) mass is 300 g/mol. The van der Waals surface area contributed by atoms with Gasteiger partial charge in [0.15, 0.2) is 0 Å². The van der Waals surface area contributed by atoms with Gasteiger partial charge in [-0.15, -0.1) is 0 Å². The Kier molecular flexibility index (Phi) is 3.74. The van der Waals surface area contributed by atoms with Crippen LogP contribution in [-0.2, 0) is 4.79 Å². The average Bonchev–Trinajstić information content (AvgIpc) is 2.51. The fourth-order valence-electron chi connectivity index (χ4n) is 3.12. The van der Waals surface area contributed by atoms with E-state index in [0.717, 1.165) is 22.2 Å². The molecule has 2 N–H and O–H groups in total. The maximum atomic E-state index is 11.3. The highest BCUT2D eigenvalue weighted by molar-refractivity contribution is 5.94. The minimum absolute atomic E-state index is 0.322. The fourth-order valence-corrected chi connectivity index (χ4v) is 3.12. The van der Waals surface area contributed by atoms with E-state index in [1.807, 2.05) is 17.0 Å². The molecule has 3 rings (SSSR count). The molecule has 22 heavy (non-hydrogen) atoms. The standard InChI is InChI=1S/C17H20N2O3/c1-10-3-4-12-14(5-7-18-16(12)11(10)2)19-8-6-15(20)13(9-19)17(21)22/h3-5,7,13,15,20H,6,8-9H2,1-2H3,(H,21,22)/t13-,15+/m0/s1. The molecule has 1 saturated heterocycles. The zero-order valence-corrected chi connectivity index (χ0v) is 12.8. The van der Waals surface area contributed by atoms with Crippen LogP contribution in [0.5, 0.6) is 0 Å². The van der Waals surface area contributed by atoms with Crippen molar-refractivity contribution in [1.82, 2.24) is 4.98 Å². The molecule has 0 amide bonds. The summed E-state index contributed by atoms with van der Waals surface area (Å²) < 4.78 is 0. The van der Waals surface area contributed by atoms with E-state index >= 15 is 0 Å². The lowest BCUT2D eigenvalue weighted by Gasteiger charge is -2.36. The maximum Gasteiger partial charge on any atom is 0.310 e. The van der Waals surface area contributed by atoms with E-state index in [1.54, 1.807) is 6.20 Å². The topological polar surface area (TPSA) is 73.7 Å². The van der Waals surface area contributed by atoms with Gasteiger partial charge in [0.05, 0.1) is 11.6 Å². The molecule has 1 aromatic carbocycles. The van der Waals surface area contributed by atoms with Crippen molar-refractivity contribution in [2.75, 3.05) is 18.0 Å². The zero-order valence-electron chi connectivity index (χ0n) is 12.8. The number of fused-ring (bicyclic) bond motifs is 1. The summed E-state index contributed by atoms with van der Waals surface area (Å²) in [6.45, 7) is 5.08. The average molecular weight is 300 g/mol. The highest BCUT2D eigenvalue weighted by atomic mass is 16.4.